The van der Waals surface area contributed by atoms with Crippen LogP contribution in [-0.4, -0.2) is 23.8 Å². The molecule has 2 N–H and O–H groups in total. The van der Waals surface area contributed by atoms with E-state index in [0.717, 1.165) is 6.42 Å². The molecule has 0 radical (unpaired) electrons. The van der Waals surface area contributed by atoms with E-state index in [0.29, 0.717) is 30.0 Å². The molecule has 16 heavy (non-hydrogen) atoms. The van der Waals surface area contributed by atoms with Gasteiger partial charge in [0.15, 0.2) is 0 Å². The molecule has 0 aromatic carbocycles. The monoisotopic (exact) mass is 227 g/mol. The number of hydrogen-bond donors (Lipinski definition) is 2. The first-order valence-electron chi connectivity index (χ1n) is 6.84. The van der Waals surface area contributed by atoms with Crippen LogP contribution in [0.5, 0.6) is 0 Å². The minimum absolute atomic E-state index is 0.295. The summed E-state index contributed by atoms with van der Waals surface area (Å²) in [6.07, 6.45) is 6.23. The van der Waals surface area contributed by atoms with Gasteiger partial charge >= 0.3 is 0 Å². The van der Waals surface area contributed by atoms with Crippen molar-refractivity contribution in [1.29, 1.82) is 0 Å². The molecule has 2 atom stereocenters. The fraction of sp³-hybridized carbons (Fsp3) is 1.00. The molecule has 0 amide bonds. The maximum absolute atomic E-state index is 9.11. The van der Waals surface area contributed by atoms with Crippen molar-refractivity contribution in [2.45, 2.75) is 71.9 Å². The van der Waals surface area contributed by atoms with E-state index in [2.05, 4.69) is 33.0 Å². The van der Waals surface area contributed by atoms with Crippen LogP contribution in [0, 0.1) is 11.3 Å². The van der Waals surface area contributed by atoms with Crippen molar-refractivity contribution >= 4 is 0 Å². The number of nitrogens with one attached hydrogen (secondary N) is 1. The van der Waals surface area contributed by atoms with E-state index in [9.17, 15) is 0 Å². The molecule has 0 saturated heterocycles. The summed E-state index contributed by atoms with van der Waals surface area (Å²) in [5.41, 5.74) is 0.418. The lowest BCUT2D eigenvalue weighted by Crippen LogP contribution is -2.50. The number of hydrogen-bond acceptors (Lipinski definition) is 2. The van der Waals surface area contributed by atoms with Crippen LogP contribution in [0.15, 0.2) is 0 Å². The van der Waals surface area contributed by atoms with Crippen molar-refractivity contribution in [3.8, 4) is 0 Å². The third-order valence-electron chi connectivity index (χ3n) is 4.17. The molecule has 0 aromatic rings. The van der Waals surface area contributed by atoms with E-state index < -0.39 is 0 Å². The van der Waals surface area contributed by atoms with E-state index in [-0.39, 0.29) is 0 Å². The summed E-state index contributed by atoms with van der Waals surface area (Å²) in [7, 11) is 0. The second-order valence-electron chi connectivity index (χ2n) is 6.32. The van der Waals surface area contributed by atoms with Gasteiger partial charge in [0.05, 0.1) is 0 Å². The van der Waals surface area contributed by atoms with Crippen LogP contribution >= 0.6 is 0 Å². The lowest BCUT2D eigenvalue weighted by atomic mass is 9.73. The summed E-state index contributed by atoms with van der Waals surface area (Å²) in [5, 5.41) is 12.9. The predicted molar refractivity (Wildman–Crippen MR) is 69.5 cm³/mol. The summed E-state index contributed by atoms with van der Waals surface area (Å²) >= 11 is 0. The lowest BCUT2D eigenvalue weighted by molar-refractivity contribution is 0.135. The Kier molecular flexibility index (Phi) is 5.26. The minimum Gasteiger partial charge on any atom is -0.396 e. The Morgan fingerprint density at radius 3 is 2.50 bits per heavy atom. The highest BCUT2D eigenvalue weighted by molar-refractivity contribution is 4.90. The standard InChI is InChI=1S/C14H29NO/c1-11(2)12(8-10-16)15-13-7-5-6-9-14(13,3)4/h11-13,15-16H,5-10H2,1-4H3. The molecule has 0 heterocycles. The summed E-state index contributed by atoms with van der Waals surface area (Å²) in [6, 6.07) is 1.09. The molecule has 1 aliphatic carbocycles. The highest BCUT2D eigenvalue weighted by atomic mass is 16.3. The first kappa shape index (κ1) is 14.0. The molecule has 1 rings (SSSR count). The van der Waals surface area contributed by atoms with E-state index >= 15 is 0 Å². The van der Waals surface area contributed by atoms with Crippen molar-refractivity contribution < 1.29 is 5.11 Å². The SMILES string of the molecule is CC(C)C(CCO)NC1CCCCC1(C)C. The quantitative estimate of drug-likeness (QED) is 0.757. The first-order chi connectivity index (χ1) is 7.47. The van der Waals surface area contributed by atoms with Gasteiger partial charge < -0.3 is 10.4 Å². The van der Waals surface area contributed by atoms with Crippen LogP contribution in [-0.2, 0) is 0 Å². The van der Waals surface area contributed by atoms with Crippen molar-refractivity contribution in [2.24, 2.45) is 11.3 Å². The zero-order valence-corrected chi connectivity index (χ0v) is 11.4. The van der Waals surface area contributed by atoms with Gasteiger partial charge in [0.2, 0.25) is 0 Å². The van der Waals surface area contributed by atoms with Crippen LogP contribution in [0.1, 0.15) is 59.8 Å². The van der Waals surface area contributed by atoms with E-state index in [4.69, 9.17) is 5.11 Å². The molecule has 0 bridgehead atoms. The van der Waals surface area contributed by atoms with Gasteiger partial charge in [-0.25, -0.2) is 0 Å². The lowest BCUT2D eigenvalue weighted by Gasteiger charge is -2.42. The van der Waals surface area contributed by atoms with Crippen molar-refractivity contribution in [1.82, 2.24) is 5.32 Å². The summed E-state index contributed by atoms with van der Waals surface area (Å²) in [6.45, 7) is 9.52. The molecule has 1 saturated carbocycles. The fourth-order valence-corrected chi connectivity index (χ4v) is 2.81. The summed E-state index contributed by atoms with van der Waals surface area (Å²) in [5.74, 6) is 0.602. The Bertz CT molecular complexity index is 201. The molecule has 96 valence electrons. The molecular weight excluding hydrogens is 198 g/mol. The van der Waals surface area contributed by atoms with E-state index in [1.807, 2.05) is 0 Å². The Morgan fingerprint density at radius 2 is 2.00 bits per heavy atom. The van der Waals surface area contributed by atoms with E-state index in [1.165, 1.54) is 25.7 Å². The van der Waals surface area contributed by atoms with Gasteiger partial charge in [-0.3, -0.25) is 0 Å². The smallest absolute Gasteiger partial charge is 0.0445 e. The maximum Gasteiger partial charge on any atom is 0.0445 e. The average molecular weight is 227 g/mol. The topological polar surface area (TPSA) is 32.3 Å². The van der Waals surface area contributed by atoms with Crippen molar-refractivity contribution in [2.75, 3.05) is 6.61 Å². The molecule has 1 aliphatic rings. The van der Waals surface area contributed by atoms with Gasteiger partial charge in [-0.2, -0.15) is 0 Å². The highest BCUT2D eigenvalue weighted by Gasteiger charge is 2.33. The second-order valence-corrected chi connectivity index (χ2v) is 6.32. The van der Waals surface area contributed by atoms with Crippen LogP contribution < -0.4 is 5.32 Å². The van der Waals surface area contributed by atoms with Crippen LogP contribution in [0.3, 0.4) is 0 Å². The molecule has 0 aromatic heterocycles. The van der Waals surface area contributed by atoms with Crippen LogP contribution in [0.2, 0.25) is 0 Å². The Labute approximate surface area is 101 Å². The Balaban J connectivity index is 2.55. The zero-order valence-electron chi connectivity index (χ0n) is 11.4. The minimum atomic E-state index is 0.295. The molecule has 2 nitrogen and oxygen atoms in total. The zero-order chi connectivity index (χ0) is 12.2. The van der Waals surface area contributed by atoms with Gasteiger partial charge in [-0.1, -0.05) is 40.5 Å². The molecular formula is C14H29NO. The van der Waals surface area contributed by atoms with Gasteiger partial charge in [0.1, 0.15) is 0 Å². The molecule has 1 fully saturated rings. The van der Waals surface area contributed by atoms with E-state index in [1.54, 1.807) is 0 Å². The number of aliphatic hydroxyl groups excluding tert-OH is 1. The summed E-state index contributed by atoms with van der Waals surface area (Å²) in [4.78, 5) is 0. The van der Waals surface area contributed by atoms with Crippen LogP contribution in [0.25, 0.3) is 0 Å². The fourth-order valence-electron chi connectivity index (χ4n) is 2.81. The third-order valence-corrected chi connectivity index (χ3v) is 4.17. The molecule has 2 heteroatoms. The summed E-state index contributed by atoms with van der Waals surface area (Å²) < 4.78 is 0. The second kappa shape index (κ2) is 6.02. The molecule has 0 spiro atoms. The Hall–Kier alpha value is -0.0800. The van der Waals surface area contributed by atoms with Crippen molar-refractivity contribution in [3.05, 3.63) is 0 Å². The first-order valence-corrected chi connectivity index (χ1v) is 6.84. The third kappa shape index (κ3) is 3.74. The maximum atomic E-state index is 9.11. The van der Waals surface area contributed by atoms with Gasteiger partial charge in [0, 0.05) is 18.7 Å². The van der Waals surface area contributed by atoms with Crippen LogP contribution in [0.4, 0.5) is 0 Å². The molecule has 2 unspecified atom stereocenters. The van der Waals surface area contributed by atoms with Crippen molar-refractivity contribution in [3.63, 3.8) is 0 Å². The Morgan fingerprint density at radius 1 is 1.31 bits per heavy atom. The number of aliphatic hydroxyl groups is 1. The highest BCUT2D eigenvalue weighted by Crippen LogP contribution is 2.36. The van der Waals surface area contributed by atoms with Gasteiger partial charge in [-0.15, -0.1) is 0 Å². The largest absolute Gasteiger partial charge is 0.396 e. The average Bonchev–Trinajstić information content (AvgIpc) is 2.19. The normalized spacial score (nSPS) is 27.0. The predicted octanol–water partition coefficient (Wildman–Crippen LogP) is 2.95. The molecule has 0 aliphatic heterocycles. The van der Waals surface area contributed by atoms with Gasteiger partial charge in [0.25, 0.3) is 0 Å². The number of rotatable bonds is 5. The van der Waals surface area contributed by atoms with Gasteiger partial charge in [-0.05, 0) is 30.6 Å².